The Labute approximate surface area is 127 Å². The third kappa shape index (κ3) is 3.64. The average molecular weight is 345 g/mol. The maximum absolute atomic E-state index is 11.8. The van der Waals surface area contributed by atoms with Gasteiger partial charge in [0.2, 0.25) is 0 Å². The van der Waals surface area contributed by atoms with Crippen LogP contribution in [0.1, 0.15) is 39.2 Å². The van der Waals surface area contributed by atoms with Crippen molar-refractivity contribution in [1.82, 2.24) is 9.29 Å². The number of aromatic nitrogens is 1. The molecule has 1 aliphatic rings. The quantitative estimate of drug-likeness (QED) is 0.851. The van der Waals surface area contributed by atoms with Crippen molar-refractivity contribution in [3.05, 3.63) is 32.7 Å². The molecule has 1 aromatic rings. The van der Waals surface area contributed by atoms with Crippen LogP contribution in [0.15, 0.2) is 21.5 Å². The van der Waals surface area contributed by atoms with Crippen molar-refractivity contribution in [1.29, 1.82) is 0 Å². The second kappa shape index (κ2) is 5.26. The van der Waals surface area contributed by atoms with Gasteiger partial charge in [0.05, 0.1) is 0 Å². The fourth-order valence-corrected chi connectivity index (χ4v) is 3.71. The second-order valence-corrected chi connectivity index (χ2v) is 8.87. The molecule has 0 saturated heterocycles. The molecule has 0 atom stereocenters. The molecular weight excluding hydrogens is 324 g/mol. The van der Waals surface area contributed by atoms with E-state index in [1.807, 2.05) is 6.20 Å². The Kier molecular flexibility index (Phi) is 4.19. The summed E-state index contributed by atoms with van der Waals surface area (Å²) in [5.74, 6) is 0. The van der Waals surface area contributed by atoms with Gasteiger partial charge in [0.15, 0.2) is 0 Å². The molecule has 0 unspecified atom stereocenters. The average Bonchev–Trinajstić information content (AvgIpc) is 3.02. The Balaban J connectivity index is 2.13. The molecule has 0 aliphatic heterocycles. The van der Waals surface area contributed by atoms with E-state index in [1.165, 1.54) is 0 Å². The second-order valence-electron chi connectivity index (χ2n) is 6.30. The van der Waals surface area contributed by atoms with Crippen molar-refractivity contribution in [2.45, 2.75) is 43.8 Å². The van der Waals surface area contributed by atoms with Crippen LogP contribution < -0.4 is 10.3 Å². The van der Waals surface area contributed by atoms with Gasteiger partial charge < -0.3 is 4.57 Å². The number of nitrogens with one attached hydrogen (secondary N) is 1. The van der Waals surface area contributed by atoms with E-state index in [-0.39, 0.29) is 15.7 Å². The zero-order valence-corrected chi connectivity index (χ0v) is 14.3. The highest BCUT2D eigenvalue weighted by Crippen LogP contribution is 2.49. The molecule has 0 bridgehead atoms. The van der Waals surface area contributed by atoms with Gasteiger partial charge >= 0.3 is 0 Å². The van der Waals surface area contributed by atoms with Crippen LogP contribution in [0, 0.1) is 0 Å². The third-order valence-electron chi connectivity index (χ3n) is 3.39. The summed E-state index contributed by atoms with van der Waals surface area (Å²) in [4.78, 5) is 11.8. The van der Waals surface area contributed by atoms with Crippen molar-refractivity contribution >= 4 is 27.9 Å². The lowest BCUT2D eigenvalue weighted by molar-refractivity contribution is 0.659. The van der Waals surface area contributed by atoms with Crippen LogP contribution in [0.25, 0.3) is 0 Å². The van der Waals surface area contributed by atoms with Gasteiger partial charge in [-0.3, -0.25) is 9.52 Å². The first kappa shape index (κ1) is 15.1. The summed E-state index contributed by atoms with van der Waals surface area (Å²) in [5, 5.41) is 0. The summed E-state index contributed by atoms with van der Waals surface area (Å²) in [6.45, 7) is 7.50. The monoisotopic (exact) mass is 344 g/mol. The first-order valence-electron chi connectivity index (χ1n) is 6.51. The minimum atomic E-state index is 0.0629. The maximum atomic E-state index is 11.8. The van der Waals surface area contributed by atoms with E-state index in [2.05, 4.69) is 41.4 Å². The predicted octanol–water partition coefficient (Wildman–Crippen LogP) is 3.22. The molecule has 19 heavy (non-hydrogen) atoms. The molecule has 0 aromatic carbocycles. The molecule has 106 valence electrons. The highest BCUT2D eigenvalue weighted by atomic mass is 79.9. The highest BCUT2D eigenvalue weighted by molar-refractivity contribution is 9.10. The lowest BCUT2D eigenvalue weighted by Crippen LogP contribution is -2.28. The summed E-state index contributed by atoms with van der Waals surface area (Å²) in [5.41, 5.74) is 1.36. The number of hydrogen-bond acceptors (Lipinski definition) is 3. The van der Waals surface area contributed by atoms with Crippen molar-refractivity contribution in [2.24, 2.45) is 7.05 Å². The molecule has 1 aromatic heterocycles. The van der Waals surface area contributed by atoms with E-state index in [9.17, 15) is 4.79 Å². The Morgan fingerprint density at radius 2 is 2.11 bits per heavy atom. The standard InChI is InChI=1S/C14H21BrN2OS/c1-13(2,3)19-16-9-14(5-6-14)10-7-12(18)17(4)8-11(10)15/h7-8,16H,5-6,9H2,1-4H3. The Morgan fingerprint density at radius 3 is 2.63 bits per heavy atom. The molecule has 2 rings (SSSR count). The third-order valence-corrected chi connectivity index (χ3v) is 4.93. The summed E-state index contributed by atoms with van der Waals surface area (Å²) in [7, 11) is 1.78. The summed E-state index contributed by atoms with van der Waals surface area (Å²) >= 11 is 5.35. The Bertz CT molecular complexity index is 529. The van der Waals surface area contributed by atoms with Gasteiger partial charge in [0, 0.05) is 40.5 Å². The molecular formula is C14H21BrN2OS. The summed E-state index contributed by atoms with van der Waals surface area (Å²) in [6, 6.07) is 1.78. The SMILES string of the molecule is Cn1cc(Br)c(C2(CNSC(C)(C)C)CC2)cc1=O. The van der Waals surface area contributed by atoms with Crippen LogP contribution in [0.5, 0.6) is 0 Å². The van der Waals surface area contributed by atoms with Gasteiger partial charge in [-0.2, -0.15) is 0 Å². The summed E-state index contributed by atoms with van der Waals surface area (Å²) < 4.78 is 6.33. The molecule has 5 heteroatoms. The van der Waals surface area contributed by atoms with E-state index in [1.54, 1.807) is 29.6 Å². The van der Waals surface area contributed by atoms with Crippen LogP contribution in [0.4, 0.5) is 0 Å². The molecule has 1 saturated carbocycles. The van der Waals surface area contributed by atoms with Crippen molar-refractivity contribution in [3.63, 3.8) is 0 Å². The topological polar surface area (TPSA) is 34.0 Å². The van der Waals surface area contributed by atoms with Crippen LogP contribution in [-0.4, -0.2) is 15.9 Å². The number of nitrogens with zero attached hydrogens (tertiary/aromatic N) is 1. The van der Waals surface area contributed by atoms with E-state index in [4.69, 9.17) is 0 Å². The van der Waals surface area contributed by atoms with Crippen LogP contribution in [0.3, 0.4) is 0 Å². The molecule has 1 aliphatic carbocycles. The Morgan fingerprint density at radius 1 is 1.47 bits per heavy atom. The largest absolute Gasteiger partial charge is 0.317 e. The number of aryl methyl sites for hydroxylation is 1. The van der Waals surface area contributed by atoms with E-state index >= 15 is 0 Å². The van der Waals surface area contributed by atoms with Crippen molar-refractivity contribution in [2.75, 3.05) is 6.54 Å². The van der Waals surface area contributed by atoms with Crippen molar-refractivity contribution in [3.8, 4) is 0 Å². The normalized spacial score (nSPS) is 17.5. The fraction of sp³-hybridized carbons (Fsp3) is 0.643. The number of halogens is 1. The minimum absolute atomic E-state index is 0.0629. The minimum Gasteiger partial charge on any atom is -0.317 e. The van der Waals surface area contributed by atoms with E-state index in [0.29, 0.717) is 0 Å². The molecule has 1 N–H and O–H groups in total. The van der Waals surface area contributed by atoms with Gasteiger partial charge in [0.25, 0.3) is 5.56 Å². The highest BCUT2D eigenvalue weighted by Gasteiger charge is 2.45. The molecule has 0 radical (unpaired) electrons. The van der Waals surface area contributed by atoms with Crippen LogP contribution >= 0.6 is 27.9 Å². The number of hydrogen-bond donors (Lipinski definition) is 1. The van der Waals surface area contributed by atoms with Gasteiger partial charge in [-0.1, -0.05) is 11.9 Å². The van der Waals surface area contributed by atoms with E-state index < -0.39 is 0 Å². The molecule has 3 nitrogen and oxygen atoms in total. The molecule has 1 heterocycles. The lowest BCUT2D eigenvalue weighted by Gasteiger charge is -2.22. The zero-order valence-electron chi connectivity index (χ0n) is 11.9. The maximum Gasteiger partial charge on any atom is 0.250 e. The molecule has 0 amide bonds. The van der Waals surface area contributed by atoms with Crippen molar-refractivity contribution < 1.29 is 0 Å². The lowest BCUT2D eigenvalue weighted by atomic mass is 9.97. The predicted molar refractivity (Wildman–Crippen MR) is 85.6 cm³/mol. The van der Waals surface area contributed by atoms with Crippen LogP contribution in [0.2, 0.25) is 0 Å². The number of rotatable bonds is 4. The zero-order chi connectivity index (χ0) is 14.3. The number of pyridine rings is 1. The van der Waals surface area contributed by atoms with Gasteiger partial charge in [-0.25, -0.2) is 0 Å². The fourth-order valence-electron chi connectivity index (χ4n) is 2.09. The van der Waals surface area contributed by atoms with Crippen LogP contribution in [-0.2, 0) is 12.5 Å². The first-order valence-corrected chi connectivity index (χ1v) is 8.12. The molecule has 1 fully saturated rings. The van der Waals surface area contributed by atoms with Gasteiger partial charge in [-0.05, 0) is 55.1 Å². The first-order chi connectivity index (χ1) is 8.73. The smallest absolute Gasteiger partial charge is 0.250 e. The Hall–Kier alpha value is -0.260. The molecule has 0 spiro atoms. The van der Waals surface area contributed by atoms with E-state index in [0.717, 1.165) is 29.4 Å². The van der Waals surface area contributed by atoms with Gasteiger partial charge in [0.1, 0.15) is 0 Å². The van der Waals surface area contributed by atoms with Gasteiger partial charge in [-0.15, -0.1) is 0 Å². The summed E-state index contributed by atoms with van der Waals surface area (Å²) in [6.07, 6.45) is 4.17.